The Bertz CT molecular complexity index is 1600. The van der Waals surface area contributed by atoms with Crippen LogP contribution in [0.25, 0.3) is 11.0 Å². The van der Waals surface area contributed by atoms with Gasteiger partial charge < -0.3 is 13.9 Å². The Hall–Kier alpha value is -2.27. The first kappa shape index (κ1) is 33.2. The summed E-state index contributed by atoms with van der Waals surface area (Å²) in [5, 5.41) is 1.26. The molecule has 47 heavy (non-hydrogen) atoms. The summed E-state index contributed by atoms with van der Waals surface area (Å²) in [6.45, 7) is 12.2. The minimum atomic E-state index is -0.382. The molecule has 0 saturated heterocycles. The van der Waals surface area contributed by atoms with Crippen LogP contribution >= 0.6 is 11.6 Å². The molecule has 5 aliphatic rings. The summed E-state index contributed by atoms with van der Waals surface area (Å²) in [4.78, 5) is 25.4. The zero-order valence-corrected chi connectivity index (χ0v) is 30.1. The number of rotatable bonds is 9. The van der Waals surface area contributed by atoms with E-state index in [9.17, 15) is 9.59 Å². The fourth-order valence-electron chi connectivity index (χ4n) is 11.5. The van der Waals surface area contributed by atoms with E-state index in [1.165, 1.54) is 56.9 Å². The van der Waals surface area contributed by atoms with Crippen molar-refractivity contribution in [3.05, 3.63) is 50.4 Å². The number of allylic oxidation sites excluding steroid dienone is 1. The lowest BCUT2D eigenvalue weighted by Gasteiger charge is -2.58. The minimum absolute atomic E-state index is 0.119. The Morgan fingerprint density at radius 3 is 2.64 bits per heavy atom. The Kier molecular flexibility index (Phi) is 9.11. The summed E-state index contributed by atoms with van der Waals surface area (Å²) in [7, 11) is 0. The van der Waals surface area contributed by atoms with Crippen molar-refractivity contribution >= 4 is 28.5 Å². The summed E-state index contributed by atoms with van der Waals surface area (Å²) in [6, 6.07) is 3.43. The quantitative estimate of drug-likeness (QED) is 0.152. The van der Waals surface area contributed by atoms with Crippen molar-refractivity contribution in [2.75, 3.05) is 6.61 Å². The third-order valence-electron chi connectivity index (χ3n) is 13.9. The molecule has 1 aromatic heterocycles. The molecule has 2 aromatic rings. The van der Waals surface area contributed by atoms with Gasteiger partial charge in [0.15, 0.2) is 6.61 Å². The average molecular weight is 663 g/mol. The lowest BCUT2D eigenvalue weighted by molar-refractivity contribution is -0.153. The number of carbonyl (C=O) groups excluding carboxylic acids is 1. The van der Waals surface area contributed by atoms with Gasteiger partial charge in [-0.25, -0.2) is 9.59 Å². The predicted octanol–water partition coefficient (Wildman–Crippen LogP) is 10.3. The predicted molar refractivity (Wildman–Crippen MR) is 188 cm³/mol. The van der Waals surface area contributed by atoms with Crippen LogP contribution in [0, 0.1) is 46.3 Å². The smallest absolute Gasteiger partial charge is 0.344 e. The third kappa shape index (κ3) is 5.99. The number of hydrogen-bond acceptors (Lipinski definition) is 5. The van der Waals surface area contributed by atoms with E-state index in [2.05, 4.69) is 40.7 Å². The fraction of sp³-hybridized carbons (Fsp3) is 0.707. The summed E-state index contributed by atoms with van der Waals surface area (Å²) in [5.74, 6) is 4.84. The summed E-state index contributed by atoms with van der Waals surface area (Å²) in [6.07, 6.45) is 18.6. The van der Waals surface area contributed by atoms with Crippen molar-refractivity contribution in [3.8, 4) is 5.75 Å². The largest absolute Gasteiger partial charge is 0.480 e. The lowest BCUT2D eigenvalue weighted by Crippen LogP contribution is -2.51. The second-order valence-corrected chi connectivity index (χ2v) is 17.3. The number of hydrogen-bond donors (Lipinski definition) is 0. The van der Waals surface area contributed by atoms with Gasteiger partial charge in [-0.1, -0.05) is 77.1 Å². The van der Waals surface area contributed by atoms with E-state index in [1.807, 2.05) is 0 Å². The maximum atomic E-state index is 13.0. The van der Waals surface area contributed by atoms with Crippen LogP contribution in [0.1, 0.15) is 123 Å². The summed E-state index contributed by atoms with van der Waals surface area (Å²) >= 11 is 6.56. The SMILES string of the molecule is CC(C)CCC[C@@H](C)[C@H]1CC[C@@H]2[C@@H]3CC=C4C[C@@H](OC(=O)COc5cc6oc(=O)c7c(c6cc5Cl)CCC7)CC[C@]4(C)[C@@H]3CC[C@@]21C. The van der Waals surface area contributed by atoms with Crippen LogP contribution in [-0.4, -0.2) is 18.7 Å². The molecular weight excluding hydrogens is 608 g/mol. The molecule has 3 fully saturated rings. The molecule has 0 amide bonds. The number of ether oxygens (including phenoxy) is 2. The zero-order valence-electron chi connectivity index (χ0n) is 29.3. The van der Waals surface area contributed by atoms with E-state index < -0.39 is 0 Å². The van der Waals surface area contributed by atoms with Gasteiger partial charge in [0.2, 0.25) is 0 Å². The van der Waals surface area contributed by atoms with Crippen LogP contribution in [0.4, 0.5) is 0 Å². The molecule has 0 unspecified atom stereocenters. The van der Waals surface area contributed by atoms with Gasteiger partial charge in [0, 0.05) is 23.4 Å². The number of fused-ring (bicyclic) bond motifs is 8. The number of carbonyl (C=O) groups is 1. The van der Waals surface area contributed by atoms with Gasteiger partial charge in [0.1, 0.15) is 17.4 Å². The fourth-order valence-corrected chi connectivity index (χ4v) is 11.7. The number of benzene rings is 1. The molecule has 1 aromatic carbocycles. The van der Waals surface area contributed by atoms with Crippen LogP contribution in [0.15, 0.2) is 33.0 Å². The van der Waals surface area contributed by atoms with Gasteiger partial charge in [-0.05, 0) is 122 Å². The van der Waals surface area contributed by atoms with E-state index in [1.54, 1.807) is 12.1 Å². The number of aryl methyl sites for hydroxylation is 1. The molecule has 8 atom stereocenters. The second kappa shape index (κ2) is 12.9. The number of halogens is 1. The minimum Gasteiger partial charge on any atom is -0.480 e. The van der Waals surface area contributed by atoms with E-state index in [-0.39, 0.29) is 29.7 Å². The van der Waals surface area contributed by atoms with E-state index in [0.29, 0.717) is 21.8 Å². The normalized spacial score (nSPS) is 33.5. The molecule has 5 nitrogen and oxygen atoms in total. The second-order valence-electron chi connectivity index (χ2n) is 16.9. The highest BCUT2D eigenvalue weighted by atomic mass is 35.5. The Balaban J connectivity index is 0.966. The van der Waals surface area contributed by atoms with Crippen LogP contribution in [0.3, 0.4) is 0 Å². The maximum Gasteiger partial charge on any atom is 0.344 e. The standard InChI is InChI=1S/C41H55ClO5/c1-24(2)8-6-9-25(3)32-14-15-33-30-13-12-26-20-27(16-18-40(26,4)34(30)17-19-41(32,33)5)46-38(43)23-45-37-22-36-31(21-35(37)42)28-10-7-11-29(28)39(44)47-36/h12,21-22,24-25,27,30,32-34H,6-11,13-20,23H2,1-5H3/t25-,27+,30+,32-,33-,34-,40+,41-/m1/s1. The van der Waals surface area contributed by atoms with Gasteiger partial charge in [0.25, 0.3) is 0 Å². The molecule has 3 saturated carbocycles. The molecule has 256 valence electrons. The molecule has 0 spiro atoms. The van der Waals surface area contributed by atoms with E-state index in [4.69, 9.17) is 25.5 Å². The molecule has 0 radical (unpaired) electrons. The average Bonchev–Trinajstić information content (AvgIpc) is 3.66. The molecule has 0 bridgehead atoms. The Morgan fingerprint density at radius 2 is 1.83 bits per heavy atom. The highest BCUT2D eigenvalue weighted by Crippen LogP contribution is 2.67. The van der Waals surface area contributed by atoms with Crippen molar-refractivity contribution in [3.63, 3.8) is 0 Å². The highest BCUT2D eigenvalue weighted by Gasteiger charge is 2.59. The first-order valence-corrected chi connectivity index (χ1v) is 19.2. The third-order valence-corrected chi connectivity index (χ3v) is 14.2. The van der Waals surface area contributed by atoms with Gasteiger partial charge in [-0.2, -0.15) is 0 Å². The van der Waals surface area contributed by atoms with Crippen molar-refractivity contribution in [2.24, 2.45) is 46.3 Å². The summed E-state index contributed by atoms with van der Waals surface area (Å²) in [5.41, 5.74) is 4.16. The monoisotopic (exact) mass is 662 g/mol. The van der Waals surface area contributed by atoms with Crippen LogP contribution in [-0.2, 0) is 22.4 Å². The van der Waals surface area contributed by atoms with Gasteiger partial charge >= 0.3 is 11.6 Å². The maximum absolute atomic E-state index is 13.0. The molecule has 1 heterocycles. The molecular formula is C41H55ClO5. The van der Waals surface area contributed by atoms with Gasteiger partial charge in [-0.15, -0.1) is 0 Å². The van der Waals surface area contributed by atoms with Gasteiger partial charge in [-0.3, -0.25) is 0 Å². The van der Waals surface area contributed by atoms with Crippen molar-refractivity contribution in [1.29, 1.82) is 0 Å². The van der Waals surface area contributed by atoms with Crippen LogP contribution < -0.4 is 10.4 Å². The first-order valence-electron chi connectivity index (χ1n) is 18.8. The van der Waals surface area contributed by atoms with Gasteiger partial charge in [0.05, 0.1) is 5.02 Å². The topological polar surface area (TPSA) is 65.7 Å². The molecule has 0 N–H and O–H groups in total. The number of esters is 1. The summed E-state index contributed by atoms with van der Waals surface area (Å²) < 4.78 is 17.4. The molecule has 6 heteroatoms. The van der Waals surface area contributed by atoms with E-state index >= 15 is 0 Å². The Morgan fingerprint density at radius 1 is 1.02 bits per heavy atom. The highest BCUT2D eigenvalue weighted by molar-refractivity contribution is 6.32. The Labute approximate surface area is 286 Å². The molecule has 5 aliphatic carbocycles. The van der Waals surface area contributed by atoms with Crippen LogP contribution in [0.2, 0.25) is 5.02 Å². The molecule has 0 aliphatic heterocycles. The van der Waals surface area contributed by atoms with Crippen molar-refractivity contribution < 1.29 is 18.7 Å². The van der Waals surface area contributed by atoms with Crippen molar-refractivity contribution in [2.45, 2.75) is 131 Å². The lowest BCUT2D eigenvalue weighted by atomic mass is 9.47. The van der Waals surface area contributed by atoms with Crippen molar-refractivity contribution in [1.82, 2.24) is 0 Å². The zero-order chi connectivity index (χ0) is 33.1. The van der Waals surface area contributed by atoms with Crippen LogP contribution in [0.5, 0.6) is 5.75 Å². The van der Waals surface area contributed by atoms with E-state index in [0.717, 1.165) is 90.5 Å². The molecule has 7 rings (SSSR count). The first-order chi connectivity index (χ1) is 22.5.